The molecule has 1 unspecified atom stereocenters. The van der Waals surface area contributed by atoms with Crippen LogP contribution in [0.15, 0.2) is 0 Å². The lowest BCUT2D eigenvalue weighted by molar-refractivity contribution is -0.165. The van der Waals surface area contributed by atoms with Gasteiger partial charge in [0, 0.05) is 6.54 Å². The minimum absolute atomic E-state index is 0.481. The number of hydrogen-bond acceptors (Lipinski definition) is 2. The summed E-state index contributed by atoms with van der Waals surface area (Å²) in [5, 5.41) is 9.08. The number of carboxylic acid groups (broad SMARTS) is 1. The van der Waals surface area contributed by atoms with E-state index in [9.17, 15) is 13.6 Å². The first-order valence-corrected chi connectivity index (χ1v) is 5.77. The second-order valence-electron chi connectivity index (χ2n) is 4.54. The van der Waals surface area contributed by atoms with Crippen molar-refractivity contribution < 1.29 is 18.7 Å². The van der Waals surface area contributed by atoms with Crippen molar-refractivity contribution in [3.8, 4) is 0 Å². The molecular formula is C11H19F2NO2. The molecule has 16 heavy (non-hydrogen) atoms. The number of hydrogen-bond donors (Lipinski definition) is 2. The summed E-state index contributed by atoms with van der Waals surface area (Å²) in [5.41, 5.74) is 3.29. The van der Waals surface area contributed by atoms with Gasteiger partial charge in [-0.25, -0.2) is 8.78 Å². The molecule has 3 N–H and O–H groups in total. The lowest BCUT2D eigenvalue weighted by Crippen LogP contribution is -2.50. The smallest absolute Gasteiger partial charge is 0.317 e. The van der Waals surface area contributed by atoms with Crippen LogP contribution in [0.5, 0.6) is 0 Å². The second-order valence-corrected chi connectivity index (χ2v) is 4.54. The van der Waals surface area contributed by atoms with Crippen molar-refractivity contribution in [2.45, 2.75) is 45.0 Å². The van der Waals surface area contributed by atoms with Gasteiger partial charge in [-0.05, 0) is 18.8 Å². The molecule has 0 spiro atoms. The summed E-state index contributed by atoms with van der Waals surface area (Å²) < 4.78 is 26.1. The predicted octanol–water partition coefficient (Wildman–Crippen LogP) is 2.25. The third-order valence-electron chi connectivity index (χ3n) is 3.71. The number of rotatable bonds is 4. The van der Waals surface area contributed by atoms with Crippen molar-refractivity contribution in [1.82, 2.24) is 0 Å². The van der Waals surface area contributed by atoms with Crippen LogP contribution in [0.2, 0.25) is 0 Å². The Kier molecular flexibility index (Phi) is 4.65. The van der Waals surface area contributed by atoms with Crippen molar-refractivity contribution in [2.75, 3.05) is 6.54 Å². The van der Waals surface area contributed by atoms with Gasteiger partial charge >= 0.3 is 5.97 Å². The van der Waals surface area contributed by atoms with E-state index in [-0.39, 0.29) is 0 Å². The number of halogens is 2. The summed E-state index contributed by atoms with van der Waals surface area (Å²) in [4.78, 5) is 11.1. The fraction of sp³-hybridized carbons (Fsp3) is 0.909. The highest BCUT2D eigenvalue weighted by Gasteiger charge is 2.52. The van der Waals surface area contributed by atoms with E-state index in [1.807, 2.05) is 0 Å². The van der Waals surface area contributed by atoms with E-state index >= 15 is 0 Å². The molecule has 0 aromatic carbocycles. The van der Waals surface area contributed by atoms with Gasteiger partial charge in [-0.2, -0.15) is 0 Å². The van der Waals surface area contributed by atoms with Crippen LogP contribution in [0.25, 0.3) is 0 Å². The van der Waals surface area contributed by atoms with Crippen molar-refractivity contribution in [3.63, 3.8) is 0 Å². The van der Waals surface area contributed by atoms with Gasteiger partial charge < -0.3 is 10.8 Å². The Morgan fingerprint density at radius 3 is 2.12 bits per heavy atom. The molecule has 94 valence electrons. The number of carboxylic acids is 1. The van der Waals surface area contributed by atoms with E-state index in [0.29, 0.717) is 12.8 Å². The Balaban J connectivity index is 2.93. The van der Waals surface area contributed by atoms with Crippen molar-refractivity contribution in [3.05, 3.63) is 0 Å². The molecular weight excluding hydrogens is 216 g/mol. The molecule has 0 radical (unpaired) electrons. The molecule has 0 saturated heterocycles. The van der Waals surface area contributed by atoms with E-state index in [4.69, 9.17) is 10.8 Å². The molecule has 5 heteroatoms. The molecule has 0 bridgehead atoms. The Morgan fingerprint density at radius 1 is 1.31 bits per heavy atom. The lowest BCUT2D eigenvalue weighted by atomic mass is 9.72. The van der Waals surface area contributed by atoms with Gasteiger partial charge in [0.05, 0.1) is 0 Å². The van der Waals surface area contributed by atoms with Gasteiger partial charge in [0.15, 0.2) is 0 Å². The minimum Gasteiger partial charge on any atom is -0.481 e. The number of alkyl halides is 2. The first-order chi connectivity index (χ1) is 7.55. The van der Waals surface area contributed by atoms with Gasteiger partial charge in [0.25, 0.3) is 6.43 Å². The van der Waals surface area contributed by atoms with Crippen LogP contribution in [0.1, 0.15) is 38.5 Å². The monoisotopic (exact) mass is 235 g/mol. The lowest BCUT2D eigenvalue weighted by Gasteiger charge is -2.35. The Hall–Kier alpha value is -0.710. The van der Waals surface area contributed by atoms with Crippen LogP contribution in [0.4, 0.5) is 8.78 Å². The fourth-order valence-corrected chi connectivity index (χ4v) is 2.58. The summed E-state index contributed by atoms with van der Waals surface area (Å²) in [6.07, 6.45) is 1.86. The Labute approximate surface area is 94.0 Å². The topological polar surface area (TPSA) is 63.3 Å². The van der Waals surface area contributed by atoms with Gasteiger partial charge in [-0.3, -0.25) is 4.79 Å². The van der Waals surface area contributed by atoms with Gasteiger partial charge in [-0.15, -0.1) is 0 Å². The molecule has 0 aromatic heterocycles. The zero-order valence-corrected chi connectivity index (χ0v) is 9.29. The van der Waals surface area contributed by atoms with Crippen LogP contribution in [-0.2, 0) is 4.79 Å². The summed E-state index contributed by atoms with van der Waals surface area (Å²) in [6.45, 7) is -0.481. The van der Waals surface area contributed by atoms with Crippen LogP contribution < -0.4 is 5.73 Å². The maximum Gasteiger partial charge on any atom is 0.317 e. The first kappa shape index (κ1) is 13.4. The molecule has 1 fully saturated rings. The van der Waals surface area contributed by atoms with Crippen molar-refractivity contribution >= 4 is 5.97 Å². The summed E-state index contributed by atoms with van der Waals surface area (Å²) >= 11 is 0. The van der Waals surface area contributed by atoms with E-state index < -0.39 is 30.3 Å². The maximum absolute atomic E-state index is 13.1. The molecule has 1 aliphatic rings. The highest BCUT2D eigenvalue weighted by atomic mass is 19.3. The van der Waals surface area contributed by atoms with Gasteiger partial charge in [0.2, 0.25) is 0 Å². The van der Waals surface area contributed by atoms with Crippen LogP contribution in [0, 0.1) is 11.3 Å². The molecule has 0 heterocycles. The molecule has 0 aromatic rings. The first-order valence-electron chi connectivity index (χ1n) is 5.77. The summed E-state index contributed by atoms with van der Waals surface area (Å²) in [7, 11) is 0. The zero-order chi connectivity index (χ0) is 12.2. The van der Waals surface area contributed by atoms with E-state index in [0.717, 1.165) is 25.7 Å². The number of nitrogens with two attached hydrogens (primary N) is 1. The standard InChI is InChI=1S/C11H19F2NO2/c12-9(13)11(7-14,10(15)16)8-5-3-1-2-4-6-8/h8-9H,1-7,14H2,(H,15,16). The maximum atomic E-state index is 13.1. The Bertz CT molecular complexity index is 240. The summed E-state index contributed by atoms with van der Waals surface area (Å²) in [6, 6.07) is 0. The molecule has 0 amide bonds. The average molecular weight is 235 g/mol. The van der Waals surface area contributed by atoms with Crippen LogP contribution in [-0.4, -0.2) is 24.0 Å². The molecule has 1 saturated carbocycles. The molecule has 1 atom stereocenters. The zero-order valence-electron chi connectivity index (χ0n) is 9.29. The number of carbonyl (C=O) groups is 1. The van der Waals surface area contributed by atoms with Crippen LogP contribution >= 0.6 is 0 Å². The van der Waals surface area contributed by atoms with E-state index in [1.165, 1.54) is 0 Å². The number of aliphatic carboxylic acids is 1. The van der Waals surface area contributed by atoms with Gasteiger partial charge in [-0.1, -0.05) is 25.7 Å². The SMILES string of the molecule is NCC(C(=O)O)(C(F)F)C1CCCCCC1. The second kappa shape index (κ2) is 5.57. The average Bonchev–Trinajstić information content (AvgIpc) is 2.47. The predicted molar refractivity (Wildman–Crippen MR) is 56.3 cm³/mol. The minimum atomic E-state index is -2.89. The molecule has 1 aliphatic carbocycles. The quantitative estimate of drug-likeness (QED) is 0.734. The van der Waals surface area contributed by atoms with Crippen LogP contribution in [0.3, 0.4) is 0 Å². The van der Waals surface area contributed by atoms with E-state index in [2.05, 4.69) is 0 Å². The van der Waals surface area contributed by atoms with Crippen molar-refractivity contribution in [2.24, 2.45) is 17.1 Å². The third kappa shape index (κ3) is 2.34. The third-order valence-corrected chi connectivity index (χ3v) is 3.71. The molecule has 0 aliphatic heterocycles. The van der Waals surface area contributed by atoms with Crippen molar-refractivity contribution in [1.29, 1.82) is 0 Å². The summed E-state index contributed by atoms with van der Waals surface area (Å²) in [5.74, 6) is -1.94. The van der Waals surface area contributed by atoms with Gasteiger partial charge in [0.1, 0.15) is 5.41 Å². The normalized spacial score (nSPS) is 22.8. The van der Waals surface area contributed by atoms with E-state index in [1.54, 1.807) is 0 Å². The molecule has 1 rings (SSSR count). The Morgan fingerprint density at radius 2 is 1.81 bits per heavy atom. The fourth-order valence-electron chi connectivity index (χ4n) is 2.58. The highest BCUT2D eigenvalue weighted by molar-refractivity contribution is 5.76. The largest absolute Gasteiger partial charge is 0.481 e. The molecule has 3 nitrogen and oxygen atoms in total. The highest BCUT2D eigenvalue weighted by Crippen LogP contribution is 2.41.